The summed E-state index contributed by atoms with van der Waals surface area (Å²) in [5, 5.41) is 2.09. The molecule has 2 aliphatic rings. The Labute approximate surface area is 388 Å². The van der Waals surface area contributed by atoms with Crippen molar-refractivity contribution in [3.63, 3.8) is 0 Å². The Balaban J connectivity index is -0.000000167. The number of carbonyl (C=O) groups excluding carboxylic acids is 1. The van der Waals surface area contributed by atoms with E-state index >= 15 is 0 Å². The van der Waals surface area contributed by atoms with E-state index in [0.29, 0.717) is 12.2 Å². The SMILES string of the molecule is CCOC(=O)c1ccccc1-c1c2ccc(=[N+](CC)CC)cc-2oc2cc(N(CC)CC)ccc12.O.O.O.O.O.O=S(=O)([O-])O[Si]([O-])(O)O.[Mo].[Mo].[Na+].[Na+].[OH-]. The second-order valence-electron chi connectivity index (χ2n) is 9.49. The average Bonchev–Trinajstić information content (AvgIpc) is 2.95. The monoisotopic (exact) mass is 994 g/mol. The summed E-state index contributed by atoms with van der Waals surface area (Å²) < 4.78 is 45.1. The van der Waals surface area contributed by atoms with Crippen molar-refractivity contribution in [1.82, 2.24) is 4.58 Å². The van der Waals surface area contributed by atoms with Crippen molar-refractivity contribution in [2.45, 2.75) is 34.6 Å². The maximum atomic E-state index is 12.9. The Kier molecular flexibility index (Phi) is 42.8. The molecule has 0 bridgehead atoms. The summed E-state index contributed by atoms with van der Waals surface area (Å²) in [5.74, 6) is 0.483. The van der Waals surface area contributed by atoms with Crippen LogP contribution in [-0.2, 0) is 61.1 Å². The molecule has 2 aromatic rings. The number of benzene rings is 3. The molecule has 1 heterocycles. The van der Waals surface area contributed by atoms with E-state index < -0.39 is 19.4 Å². The van der Waals surface area contributed by atoms with Crippen LogP contribution in [0.3, 0.4) is 0 Å². The number of rotatable bonds is 10. The van der Waals surface area contributed by atoms with Crippen molar-refractivity contribution in [1.29, 1.82) is 0 Å². The second kappa shape index (κ2) is 32.5. The first-order chi connectivity index (χ1) is 20.8. The number of esters is 1. The van der Waals surface area contributed by atoms with Crippen molar-refractivity contribution in [2.75, 3.05) is 37.7 Å². The average molecular weight is 991 g/mol. The zero-order chi connectivity index (χ0) is 32.7. The van der Waals surface area contributed by atoms with E-state index in [1.807, 2.05) is 31.2 Å². The number of carbonyl (C=O) groups is 1. The third-order valence-corrected chi connectivity index (χ3v) is 8.53. The van der Waals surface area contributed by atoms with Crippen molar-refractivity contribution in [3.8, 4) is 22.5 Å². The molecule has 0 spiro atoms. The molecule has 298 valence electrons. The molecule has 18 nitrogen and oxygen atoms in total. The number of ether oxygens (including phenoxy) is 1. The maximum absolute atomic E-state index is 12.9. The fraction of sp³-hybridized carbons (Fsp3) is 0.333. The number of hydrogen-bond acceptors (Lipinski definition) is 12. The van der Waals surface area contributed by atoms with Gasteiger partial charge >= 0.3 is 74.1 Å². The molecule has 0 saturated carbocycles. The van der Waals surface area contributed by atoms with E-state index in [0.717, 1.165) is 70.6 Å². The van der Waals surface area contributed by atoms with Crippen LogP contribution in [0.4, 0.5) is 5.69 Å². The Hall–Kier alpha value is -0.496. The van der Waals surface area contributed by atoms with Crippen LogP contribution in [0.25, 0.3) is 33.4 Å². The summed E-state index contributed by atoms with van der Waals surface area (Å²) in [5.41, 5.74) is 5.29. The van der Waals surface area contributed by atoms with E-state index in [4.69, 9.17) is 18.7 Å². The zero-order valence-corrected chi connectivity index (χ0v) is 40.9. The number of anilines is 1. The van der Waals surface area contributed by atoms with Gasteiger partial charge in [0, 0.05) is 89.6 Å². The number of nitrogens with zero attached hydrogens (tertiary/aromatic N) is 2. The van der Waals surface area contributed by atoms with Crippen LogP contribution >= 0.6 is 0 Å². The van der Waals surface area contributed by atoms with Crippen molar-refractivity contribution >= 4 is 42.1 Å². The molecule has 0 unspecified atom stereocenters. The molecule has 13 N–H and O–H groups in total. The summed E-state index contributed by atoms with van der Waals surface area (Å²) in [4.78, 5) is 40.1. The molecule has 0 atom stereocenters. The minimum Gasteiger partial charge on any atom is -0.870 e. The first-order valence-electron chi connectivity index (χ1n) is 14.2. The van der Waals surface area contributed by atoms with Gasteiger partial charge in [-0.3, -0.25) is 3.87 Å². The van der Waals surface area contributed by atoms with Gasteiger partial charge in [-0.25, -0.2) is 17.8 Å². The summed E-state index contributed by atoms with van der Waals surface area (Å²) in [7, 11) is -10.7. The van der Waals surface area contributed by atoms with Gasteiger partial charge in [0.15, 0.2) is 0 Å². The molecular formula is C30H48Mo2N2Na2O16SSi. The van der Waals surface area contributed by atoms with Gasteiger partial charge in [0.05, 0.1) is 18.2 Å². The molecule has 0 amide bonds. The minimum absolute atomic E-state index is 0. The van der Waals surface area contributed by atoms with Crippen molar-refractivity contribution < 1.29 is 179 Å². The maximum Gasteiger partial charge on any atom is 1.00 e. The summed E-state index contributed by atoms with van der Waals surface area (Å²) in [6, 6.07) is 20.4. The third kappa shape index (κ3) is 19.8. The van der Waals surface area contributed by atoms with Crippen molar-refractivity contribution in [3.05, 3.63) is 71.6 Å². The van der Waals surface area contributed by atoms with Crippen LogP contribution in [0.5, 0.6) is 0 Å². The quantitative estimate of drug-likeness (QED) is 0.0374. The minimum atomic E-state index is -5.44. The normalized spacial score (nSPS) is 9.50. The predicted molar refractivity (Wildman–Crippen MR) is 185 cm³/mol. The fourth-order valence-electron chi connectivity index (χ4n) is 4.95. The molecule has 1 aliphatic carbocycles. The van der Waals surface area contributed by atoms with Crippen LogP contribution < -0.4 is 78.7 Å². The Morgan fingerprint density at radius 3 is 1.83 bits per heavy atom. The smallest absolute Gasteiger partial charge is 0.870 e. The molecule has 24 heteroatoms. The summed E-state index contributed by atoms with van der Waals surface area (Å²) >= 11 is 0. The molecule has 1 aliphatic heterocycles. The zero-order valence-electron chi connectivity index (χ0n) is 31.0. The van der Waals surface area contributed by atoms with E-state index in [1.54, 1.807) is 0 Å². The first kappa shape index (κ1) is 71.2. The number of fused-ring (bicyclic) bond motifs is 2. The molecule has 54 heavy (non-hydrogen) atoms. The molecule has 0 aromatic heterocycles. The van der Waals surface area contributed by atoms with Crippen LogP contribution in [0.15, 0.2) is 65.1 Å². The van der Waals surface area contributed by atoms with Gasteiger partial charge in [0.1, 0.15) is 24.4 Å². The van der Waals surface area contributed by atoms with E-state index in [2.05, 4.69) is 77.4 Å². The molecule has 0 fully saturated rings. The summed E-state index contributed by atoms with van der Waals surface area (Å²) in [6.45, 7) is 14.5. The third-order valence-electron chi connectivity index (χ3n) is 6.85. The molecule has 2 aromatic carbocycles. The van der Waals surface area contributed by atoms with Gasteiger partial charge in [-0.2, -0.15) is 0 Å². The Morgan fingerprint density at radius 2 is 1.39 bits per heavy atom. The van der Waals surface area contributed by atoms with Gasteiger partial charge in [-0.1, -0.05) is 18.2 Å². The first-order valence-corrected chi connectivity index (χ1v) is 17.2. The van der Waals surface area contributed by atoms with Crippen LogP contribution in [0, 0.1) is 0 Å². The summed E-state index contributed by atoms with van der Waals surface area (Å²) in [6.07, 6.45) is 0. The topological polar surface area (TPSA) is 363 Å². The fourth-order valence-corrected chi connectivity index (χ4v) is 6.01. The van der Waals surface area contributed by atoms with Crippen molar-refractivity contribution in [2.24, 2.45) is 0 Å². The van der Waals surface area contributed by atoms with Crippen LogP contribution in [0.2, 0.25) is 0 Å². The van der Waals surface area contributed by atoms with Gasteiger partial charge in [-0.05, 0) is 64.4 Å². The largest absolute Gasteiger partial charge is 1.00 e. The van der Waals surface area contributed by atoms with Gasteiger partial charge in [0.25, 0.3) is 0 Å². The number of hydrogen-bond donors (Lipinski definition) is 2. The molecule has 4 rings (SSSR count). The van der Waals surface area contributed by atoms with Crippen LogP contribution in [-0.4, -0.2) is 103 Å². The van der Waals surface area contributed by atoms with Gasteiger partial charge in [-0.15, -0.1) is 0 Å². The van der Waals surface area contributed by atoms with Gasteiger partial charge in [0.2, 0.25) is 15.8 Å². The van der Waals surface area contributed by atoms with E-state index in [-0.39, 0.29) is 140 Å². The Morgan fingerprint density at radius 1 is 0.852 bits per heavy atom. The molecule has 0 radical (unpaired) electrons. The standard InChI is InChI=1S/C30H35N2O3.2Mo.2Na.H3O7SSi.6H2O/c1-6-31(7-2)21-15-17-25-27(19-21)35-28-20-22(32(8-3)9-4)16-18-26(28)29(25)23-13-11-12-14-24(23)30(33)34-10-5;;;;;1-8(2,3)7-9(4,5)6;;;;;;/h11-20H,6-10H2,1-5H3;;;;;4-5H,(H,1,2,3);6*1H2/q+1;;;2*+1;-1;;;;;;/p-2. The van der Waals surface area contributed by atoms with Gasteiger partial charge < -0.3 is 65.9 Å². The molecule has 0 saturated heterocycles. The predicted octanol–water partition coefficient (Wildman–Crippen LogP) is -8.01. The Bertz CT molecular complexity index is 1770. The molecular weight excluding hydrogens is 942 g/mol. The van der Waals surface area contributed by atoms with E-state index in [1.165, 1.54) is 0 Å². The second-order valence-corrected chi connectivity index (χ2v) is 12.1. The van der Waals surface area contributed by atoms with E-state index in [9.17, 15) is 22.6 Å². The van der Waals surface area contributed by atoms with Crippen LogP contribution in [0.1, 0.15) is 45.0 Å².